The Labute approximate surface area is 130 Å². The average molecular weight is 293 g/mol. The maximum Gasteiger partial charge on any atom is 0.123 e. The van der Waals surface area contributed by atoms with Crippen molar-refractivity contribution < 1.29 is 4.39 Å². The van der Waals surface area contributed by atoms with Gasteiger partial charge in [0, 0.05) is 11.6 Å². The van der Waals surface area contributed by atoms with Gasteiger partial charge in [-0.05, 0) is 55.0 Å². The molecule has 0 saturated heterocycles. The van der Waals surface area contributed by atoms with Crippen molar-refractivity contribution in [3.05, 3.63) is 76.6 Å². The van der Waals surface area contributed by atoms with Crippen LogP contribution in [0.1, 0.15) is 40.6 Å². The van der Waals surface area contributed by atoms with Gasteiger partial charge in [0.05, 0.1) is 6.04 Å². The highest BCUT2D eigenvalue weighted by Crippen LogP contribution is 2.50. The molecule has 112 valence electrons. The van der Waals surface area contributed by atoms with Gasteiger partial charge in [-0.1, -0.05) is 42.0 Å². The first kappa shape index (κ1) is 13.6. The van der Waals surface area contributed by atoms with Crippen LogP contribution < -0.4 is 5.32 Å². The van der Waals surface area contributed by atoms with E-state index in [9.17, 15) is 4.39 Å². The number of anilines is 1. The van der Waals surface area contributed by atoms with Gasteiger partial charge in [-0.15, -0.1) is 0 Å². The molecule has 4 rings (SSSR count). The molecule has 2 aromatic carbocycles. The second kappa shape index (κ2) is 4.98. The van der Waals surface area contributed by atoms with Crippen LogP contribution >= 0.6 is 0 Å². The van der Waals surface area contributed by atoms with E-state index in [2.05, 4.69) is 43.4 Å². The van der Waals surface area contributed by atoms with Gasteiger partial charge in [0.2, 0.25) is 0 Å². The summed E-state index contributed by atoms with van der Waals surface area (Å²) in [6.45, 7) is 4.33. The van der Waals surface area contributed by atoms with Gasteiger partial charge in [-0.3, -0.25) is 0 Å². The summed E-state index contributed by atoms with van der Waals surface area (Å²) in [5.41, 5.74) is 6.45. The number of rotatable bonds is 1. The second-order valence-corrected chi connectivity index (χ2v) is 6.57. The molecule has 1 aliphatic carbocycles. The molecule has 0 fully saturated rings. The number of aryl methyl sites for hydroxylation is 2. The lowest BCUT2D eigenvalue weighted by Gasteiger charge is -2.38. The zero-order valence-electron chi connectivity index (χ0n) is 12.9. The smallest absolute Gasteiger partial charge is 0.123 e. The Morgan fingerprint density at radius 1 is 1.09 bits per heavy atom. The fraction of sp³-hybridized carbons (Fsp3) is 0.300. The van der Waals surface area contributed by atoms with Gasteiger partial charge in [0.1, 0.15) is 5.82 Å². The first-order chi connectivity index (χ1) is 10.6. The Kier molecular flexibility index (Phi) is 3.07. The van der Waals surface area contributed by atoms with Gasteiger partial charge < -0.3 is 5.32 Å². The summed E-state index contributed by atoms with van der Waals surface area (Å²) < 4.78 is 13.2. The quantitative estimate of drug-likeness (QED) is 0.706. The third-order valence-electron chi connectivity index (χ3n) is 5.04. The molecule has 0 amide bonds. The minimum atomic E-state index is -0.173. The molecule has 0 spiro atoms. The topological polar surface area (TPSA) is 12.0 Å². The van der Waals surface area contributed by atoms with Crippen molar-refractivity contribution >= 4 is 5.69 Å². The second-order valence-electron chi connectivity index (χ2n) is 6.57. The lowest BCUT2D eigenvalue weighted by atomic mass is 9.76. The highest BCUT2D eigenvalue weighted by atomic mass is 19.1. The lowest BCUT2D eigenvalue weighted by molar-refractivity contribution is 0.424. The van der Waals surface area contributed by atoms with E-state index in [0.717, 1.165) is 6.42 Å². The number of fused-ring (bicyclic) bond motifs is 3. The van der Waals surface area contributed by atoms with E-state index in [1.54, 1.807) is 12.1 Å². The Hall–Kier alpha value is -2.09. The maximum absolute atomic E-state index is 13.2. The van der Waals surface area contributed by atoms with Crippen molar-refractivity contribution in [1.29, 1.82) is 0 Å². The molecule has 0 unspecified atom stereocenters. The summed E-state index contributed by atoms with van der Waals surface area (Å²) >= 11 is 0. The monoisotopic (exact) mass is 293 g/mol. The molecule has 1 nitrogen and oxygen atoms in total. The van der Waals surface area contributed by atoms with Gasteiger partial charge in [0.15, 0.2) is 0 Å². The van der Waals surface area contributed by atoms with Crippen LogP contribution in [-0.2, 0) is 0 Å². The van der Waals surface area contributed by atoms with E-state index >= 15 is 0 Å². The standard InChI is InChI=1S/C20H20FN/c1-12-10-13(2)19-18(11-12)16-4-3-5-17(16)20(22-19)14-6-8-15(21)9-7-14/h3-4,6-11,16-17,20,22H,5H2,1-2H3/t16-,17-,20-/m1/s1. The van der Waals surface area contributed by atoms with Crippen LogP contribution in [-0.4, -0.2) is 0 Å². The van der Waals surface area contributed by atoms with E-state index < -0.39 is 0 Å². The van der Waals surface area contributed by atoms with E-state index in [0.29, 0.717) is 11.8 Å². The average Bonchev–Trinajstić information content (AvgIpc) is 2.97. The highest BCUT2D eigenvalue weighted by Gasteiger charge is 2.38. The van der Waals surface area contributed by atoms with Gasteiger partial charge >= 0.3 is 0 Å². The van der Waals surface area contributed by atoms with Crippen molar-refractivity contribution in [2.75, 3.05) is 5.32 Å². The minimum absolute atomic E-state index is 0.173. The van der Waals surface area contributed by atoms with E-state index in [-0.39, 0.29) is 11.9 Å². The lowest BCUT2D eigenvalue weighted by Crippen LogP contribution is -2.29. The van der Waals surface area contributed by atoms with Crippen LogP contribution in [0.5, 0.6) is 0 Å². The summed E-state index contributed by atoms with van der Waals surface area (Å²) in [6, 6.07) is 11.7. The molecule has 1 aliphatic heterocycles. The molecule has 2 heteroatoms. The fourth-order valence-electron chi connectivity index (χ4n) is 4.07. The van der Waals surface area contributed by atoms with Gasteiger partial charge in [-0.2, -0.15) is 0 Å². The predicted molar refractivity (Wildman–Crippen MR) is 88.7 cm³/mol. The normalized spacial score (nSPS) is 25.5. The number of halogens is 1. The zero-order chi connectivity index (χ0) is 15.3. The molecule has 2 aromatic rings. The van der Waals surface area contributed by atoms with Gasteiger partial charge in [-0.25, -0.2) is 4.39 Å². The summed E-state index contributed by atoms with van der Waals surface area (Å²) in [6.07, 6.45) is 5.71. The number of hydrogen-bond donors (Lipinski definition) is 1. The number of nitrogens with one attached hydrogen (secondary N) is 1. The Bertz CT molecular complexity index is 745. The van der Waals surface area contributed by atoms with Crippen molar-refractivity contribution in [2.45, 2.75) is 32.2 Å². The predicted octanol–water partition coefficient (Wildman–Crippen LogP) is 5.27. The summed E-state index contributed by atoms with van der Waals surface area (Å²) in [5, 5.41) is 3.74. The van der Waals surface area contributed by atoms with Crippen molar-refractivity contribution in [2.24, 2.45) is 5.92 Å². The molecule has 2 aliphatic rings. The molecule has 1 N–H and O–H groups in total. The number of hydrogen-bond acceptors (Lipinski definition) is 1. The number of allylic oxidation sites excluding steroid dienone is 2. The first-order valence-corrected chi connectivity index (χ1v) is 7.93. The minimum Gasteiger partial charge on any atom is -0.377 e. The Morgan fingerprint density at radius 2 is 1.86 bits per heavy atom. The molecular formula is C20H20FN. The molecular weight excluding hydrogens is 273 g/mol. The summed E-state index contributed by atoms with van der Waals surface area (Å²) in [7, 11) is 0. The van der Waals surface area contributed by atoms with Crippen LogP contribution in [0.15, 0.2) is 48.6 Å². The molecule has 0 saturated carbocycles. The van der Waals surface area contributed by atoms with Crippen molar-refractivity contribution in [3.8, 4) is 0 Å². The van der Waals surface area contributed by atoms with E-state index in [1.807, 2.05) is 12.1 Å². The molecule has 1 heterocycles. The van der Waals surface area contributed by atoms with Crippen molar-refractivity contribution in [1.82, 2.24) is 0 Å². The summed E-state index contributed by atoms with van der Waals surface area (Å²) in [5.74, 6) is 0.803. The Morgan fingerprint density at radius 3 is 2.64 bits per heavy atom. The Balaban J connectivity index is 1.82. The SMILES string of the molecule is Cc1cc(C)c2c(c1)[C@@H]1C=CC[C@H]1[C@@H](c1ccc(F)cc1)N2. The fourth-order valence-corrected chi connectivity index (χ4v) is 4.07. The largest absolute Gasteiger partial charge is 0.377 e. The molecule has 22 heavy (non-hydrogen) atoms. The maximum atomic E-state index is 13.2. The highest BCUT2D eigenvalue weighted by molar-refractivity contribution is 5.65. The van der Waals surface area contributed by atoms with Gasteiger partial charge in [0.25, 0.3) is 0 Å². The molecule has 0 aromatic heterocycles. The van der Waals surface area contributed by atoms with Crippen LogP contribution in [0.3, 0.4) is 0 Å². The molecule has 0 bridgehead atoms. The first-order valence-electron chi connectivity index (χ1n) is 7.93. The van der Waals surface area contributed by atoms with Crippen LogP contribution in [0.25, 0.3) is 0 Å². The van der Waals surface area contributed by atoms with Crippen LogP contribution in [0.2, 0.25) is 0 Å². The van der Waals surface area contributed by atoms with Crippen LogP contribution in [0, 0.1) is 25.6 Å². The molecule has 0 radical (unpaired) electrons. The van der Waals surface area contributed by atoms with E-state index in [4.69, 9.17) is 0 Å². The van der Waals surface area contributed by atoms with Crippen molar-refractivity contribution in [3.63, 3.8) is 0 Å². The third kappa shape index (κ3) is 2.06. The zero-order valence-corrected chi connectivity index (χ0v) is 12.9. The third-order valence-corrected chi connectivity index (χ3v) is 5.04. The number of benzene rings is 2. The molecule has 3 atom stereocenters. The summed E-state index contributed by atoms with van der Waals surface area (Å²) in [4.78, 5) is 0. The van der Waals surface area contributed by atoms with E-state index in [1.165, 1.54) is 27.9 Å². The van der Waals surface area contributed by atoms with Crippen LogP contribution in [0.4, 0.5) is 10.1 Å².